The van der Waals surface area contributed by atoms with Gasteiger partial charge in [0.1, 0.15) is 5.75 Å². The second-order valence-electron chi connectivity index (χ2n) is 6.14. The third kappa shape index (κ3) is 8.49. The molecule has 0 atom stereocenters. The number of halogens is 3. The highest BCUT2D eigenvalue weighted by Crippen LogP contribution is 2.19. The van der Waals surface area contributed by atoms with E-state index < -0.39 is 12.8 Å². The van der Waals surface area contributed by atoms with Gasteiger partial charge in [-0.1, -0.05) is 12.1 Å². The van der Waals surface area contributed by atoms with Gasteiger partial charge in [-0.25, -0.2) is 4.99 Å². The van der Waals surface area contributed by atoms with Gasteiger partial charge in [0.2, 0.25) is 5.91 Å². The minimum absolute atomic E-state index is 0.0178. The van der Waals surface area contributed by atoms with Crippen LogP contribution in [0.3, 0.4) is 0 Å². The Bertz CT molecular complexity index is 629. The zero-order valence-corrected chi connectivity index (χ0v) is 16.8. The number of likely N-dealkylation sites (N-methyl/N-ethyl adjacent to an activating group) is 2. The third-order valence-corrected chi connectivity index (χ3v) is 3.92. The monoisotopic (exact) mass is 402 g/mol. The van der Waals surface area contributed by atoms with E-state index in [9.17, 15) is 18.0 Å². The highest BCUT2D eigenvalue weighted by atomic mass is 19.4. The van der Waals surface area contributed by atoms with Crippen LogP contribution in [0, 0.1) is 0 Å². The fourth-order valence-electron chi connectivity index (χ4n) is 2.45. The molecule has 28 heavy (non-hydrogen) atoms. The Morgan fingerprint density at radius 2 is 1.75 bits per heavy atom. The van der Waals surface area contributed by atoms with Crippen molar-refractivity contribution in [3.63, 3.8) is 0 Å². The van der Waals surface area contributed by atoms with Crippen LogP contribution in [0.5, 0.6) is 5.75 Å². The number of rotatable bonds is 9. The third-order valence-electron chi connectivity index (χ3n) is 3.92. The number of benzene rings is 1. The minimum Gasteiger partial charge on any atom is -0.484 e. The second kappa shape index (κ2) is 11.4. The largest absolute Gasteiger partial charge is 0.484 e. The van der Waals surface area contributed by atoms with Crippen molar-refractivity contribution in [2.24, 2.45) is 4.99 Å². The van der Waals surface area contributed by atoms with Crippen LogP contribution in [0.1, 0.15) is 26.3 Å². The van der Waals surface area contributed by atoms with Crippen molar-refractivity contribution in [3.8, 4) is 5.75 Å². The number of nitrogens with one attached hydrogen (secondary N) is 1. The summed E-state index contributed by atoms with van der Waals surface area (Å²) in [5, 5.41) is 3.14. The molecule has 0 saturated heterocycles. The van der Waals surface area contributed by atoms with E-state index in [2.05, 4.69) is 10.3 Å². The summed E-state index contributed by atoms with van der Waals surface area (Å²) in [5.74, 6) is 0.753. The molecule has 1 rings (SSSR count). The number of amides is 1. The molecule has 0 aliphatic heterocycles. The summed E-state index contributed by atoms with van der Waals surface area (Å²) in [5.41, 5.74) is 0.818. The molecule has 0 aromatic heterocycles. The number of aliphatic imine (C=N–C) groups is 1. The molecule has 1 N–H and O–H groups in total. The number of carbonyl (C=O) groups is 1. The van der Waals surface area contributed by atoms with Crippen LogP contribution >= 0.6 is 0 Å². The lowest BCUT2D eigenvalue weighted by Crippen LogP contribution is -2.45. The van der Waals surface area contributed by atoms with Gasteiger partial charge in [0.25, 0.3) is 0 Å². The zero-order valence-electron chi connectivity index (χ0n) is 16.8. The first kappa shape index (κ1) is 23.6. The first-order valence-corrected chi connectivity index (χ1v) is 9.25. The average Bonchev–Trinajstić information content (AvgIpc) is 2.64. The number of alkyl halides is 3. The molecular weight excluding hydrogens is 373 g/mol. The number of carbonyl (C=O) groups excluding carboxylic acids is 1. The molecule has 1 amide bonds. The van der Waals surface area contributed by atoms with Crippen LogP contribution in [0.15, 0.2) is 29.3 Å². The van der Waals surface area contributed by atoms with Crippen molar-refractivity contribution < 1.29 is 22.7 Å². The molecule has 0 fully saturated rings. The lowest BCUT2D eigenvalue weighted by Gasteiger charge is -2.25. The first-order valence-electron chi connectivity index (χ1n) is 9.25. The van der Waals surface area contributed by atoms with Crippen molar-refractivity contribution in [1.29, 1.82) is 0 Å². The Morgan fingerprint density at radius 1 is 1.14 bits per heavy atom. The Labute approximate surface area is 164 Å². The number of nitrogens with zero attached hydrogens (tertiary/aromatic N) is 3. The van der Waals surface area contributed by atoms with E-state index in [0.717, 1.165) is 5.56 Å². The van der Waals surface area contributed by atoms with Gasteiger partial charge >= 0.3 is 6.18 Å². The smallest absolute Gasteiger partial charge is 0.422 e. The SMILES string of the molecule is CCNC(=NCc1ccc(OCC(F)(F)F)cc1)N(C)CC(=O)N(CC)CC. The topological polar surface area (TPSA) is 57.2 Å². The number of hydrogen-bond acceptors (Lipinski definition) is 3. The number of hydrogen-bond donors (Lipinski definition) is 1. The summed E-state index contributed by atoms with van der Waals surface area (Å²) in [6, 6.07) is 6.30. The fourth-order valence-corrected chi connectivity index (χ4v) is 2.45. The average molecular weight is 402 g/mol. The first-order chi connectivity index (χ1) is 13.2. The standard InChI is InChI=1S/C19H29F3N4O2/c1-5-23-18(25(4)13-17(27)26(6-2)7-3)24-12-15-8-10-16(11-9-15)28-14-19(20,21)22/h8-11H,5-7,12-14H2,1-4H3,(H,23,24). The lowest BCUT2D eigenvalue weighted by molar-refractivity contribution is -0.153. The predicted molar refractivity (Wildman–Crippen MR) is 103 cm³/mol. The Kier molecular flexibility index (Phi) is 9.61. The van der Waals surface area contributed by atoms with Crippen molar-refractivity contribution in [3.05, 3.63) is 29.8 Å². The van der Waals surface area contributed by atoms with Gasteiger partial charge in [-0.15, -0.1) is 0 Å². The van der Waals surface area contributed by atoms with E-state index in [0.29, 0.717) is 32.1 Å². The van der Waals surface area contributed by atoms with Crippen molar-refractivity contribution >= 4 is 11.9 Å². The van der Waals surface area contributed by atoms with E-state index in [1.165, 1.54) is 12.1 Å². The summed E-state index contributed by atoms with van der Waals surface area (Å²) in [6.07, 6.45) is -4.36. The maximum absolute atomic E-state index is 12.3. The summed E-state index contributed by atoms with van der Waals surface area (Å²) >= 11 is 0. The van der Waals surface area contributed by atoms with Gasteiger partial charge in [-0.3, -0.25) is 4.79 Å². The van der Waals surface area contributed by atoms with E-state index in [1.54, 1.807) is 29.0 Å². The van der Waals surface area contributed by atoms with Gasteiger partial charge in [0, 0.05) is 26.7 Å². The zero-order chi connectivity index (χ0) is 21.2. The van der Waals surface area contributed by atoms with Crippen LogP contribution in [-0.4, -0.2) is 67.7 Å². The Morgan fingerprint density at radius 3 is 2.25 bits per heavy atom. The summed E-state index contributed by atoms with van der Waals surface area (Å²) < 4.78 is 41.2. The van der Waals surface area contributed by atoms with Crippen molar-refractivity contribution in [2.75, 3.05) is 39.8 Å². The molecule has 0 aliphatic rings. The summed E-state index contributed by atoms with van der Waals surface area (Å²) in [7, 11) is 1.79. The highest BCUT2D eigenvalue weighted by molar-refractivity contribution is 5.86. The molecule has 0 unspecified atom stereocenters. The Balaban J connectivity index is 2.71. The molecule has 9 heteroatoms. The second-order valence-corrected chi connectivity index (χ2v) is 6.14. The van der Waals surface area contributed by atoms with Crippen LogP contribution < -0.4 is 10.1 Å². The number of ether oxygens (including phenoxy) is 1. The summed E-state index contributed by atoms with van der Waals surface area (Å²) in [6.45, 7) is 6.96. The van der Waals surface area contributed by atoms with Crippen LogP contribution in [0.4, 0.5) is 13.2 Å². The normalized spacial score (nSPS) is 11.9. The molecule has 6 nitrogen and oxygen atoms in total. The molecule has 1 aromatic carbocycles. The molecule has 158 valence electrons. The molecule has 0 aliphatic carbocycles. The van der Waals surface area contributed by atoms with Crippen molar-refractivity contribution in [2.45, 2.75) is 33.5 Å². The van der Waals surface area contributed by atoms with Gasteiger partial charge in [0.15, 0.2) is 12.6 Å². The molecule has 0 spiro atoms. The Hall–Kier alpha value is -2.45. The van der Waals surface area contributed by atoms with Gasteiger partial charge in [0.05, 0.1) is 13.1 Å². The fraction of sp³-hybridized carbons (Fsp3) is 0.579. The van der Waals surface area contributed by atoms with E-state index >= 15 is 0 Å². The van der Waals surface area contributed by atoms with Crippen LogP contribution in [-0.2, 0) is 11.3 Å². The number of guanidine groups is 1. The molecule has 1 aromatic rings. The molecule has 0 saturated carbocycles. The van der Waals surface area contributed by atoms with Crippen LogP contribution in [0.2, 0.25) is 0 Å². The quantitative estimate of drug-likeness (QED) is 0.510. The predicted octanol–water partition coefficient (Wildman–Crippen LogP) is 2.89. The van der Waals surface area contributed by atoms with E-state index in [-0.39, 0.29) is 18.2 Å². The lowest BCUT2D eigenvalue weighted by atomic mass is 10.2. The van der Waals surface area contributed by atoms with E-state index in [4.69, 9.17) is 4.74 Å². The molecule has 0 bridgehead atoms. The van der Waals surface area contributed by atoms with Gasteiger partial charge < -0.3 is 19.9 Å². The maximum atomic E-state index is 12.3. The molecule has 0 heterocycles. The van der Waals surface area contributed by atoms with Crippen LogP contribution in [0.25, 0.3) is 0 Å². The maximum Gasteiger partial charge on any atom is 0.422 e. The van der Waals surface area contributed by atoms with Gasteiger partial charge in [-0.05, 0) is 38.5 Å². The van der Waals surface area contributed by atoms with Gasteiger partial charge in [-0.2, -0.15) is 13.2 Å². The minimum atomic E-state index is -4.36. The van der Waals surface area contributed by atoms with Crippen molar-refractivity contribution in [1.82, 2.24) is 15.1 Å². The highest BCUT2D eigenvalue weighted by Gasteiger charge is 2.28. The van der Waals surface area contributed by atoms with E-state index in [1.807, 2.05) is 20.8 Å². The molecular formula is C19H29F3N4O2. The summed E-state index contributed by atoms with van der Waals surface area (Å²) in [4.78, 5) is 20.3. The molecule has 0 radical (unpaired) electrons.